The predicted molar refractivity (Wildman–Crippen MR) is 162 cm³/mol. The summed E-state index contributed by atoms with van der Waals surface area (Å²) in [6.07, 6.45) is 6.22. The highest BCUT2D eigenvalue weighted by atomic mass is 16.7. The number of benzene rings is 2. The maximum absolute atomic E-state index is 13.4. The molecule has 230 valence electrons. The van der Waals surface area contributed by atoms with Crippen LogP contribution in [0.25, 0.3) is 21.9 Å². The van der Waals surface area contributed by atoms with Crippen molar-refractivity contribution in [3.8, 4) is 5.75 Å². The van der Waals surface area contributed by atoms with Crippen LogP contribution in [0.3, 0.4) is 0 Å². The number of carbonyl (C=O) groups excluding carboxylic acids is 1. The molecule has 3 N–H and O–H groups in total. The number of nitrogens with one attached hydrogen (secondary N) is 2. The van der Waals surface area contributed by atoms with Gasteiger partial charge in [-0.25, -0.2) is 0 Å². The minimum Gasteiger partial charge on any atom is -0.497 e. The number of aliphatic hydroxyl groups excluding tert-OH is 1. The zero-order chi connectivity index (χ0) is 30.0. The van der Waals surface area contributed by atoms with Gasteiger partial charge in [0.25, 0.3) is 5.91 Å². The molecule has 10 nitrogen and oxygen atoms in total. The minimum absolute atomic E-state index is 0.0176. The number of para-hydroxylation sites is 1. The van der Waals surface area contributed by atoms with Crippen molar-refractivity contribution >= 4 is 27.8 Å². The molecule has 0 aliphatic carbocycles. The van der Waals surface area contributed by atoms with Gasteiger partial charge in [0.1, 0.15) is 11.3 Å². The fourth-order valence-corrected chi connectivity index (χ4v) is 5.55. The molecule has 1 aliphatic heterocycles. The first-order valence-corrected chi connectivity index (χ1v) is 14.8. The van der Waals surface area contributed by atoms with Gasteiger partial charge in [-0.2, -0.15) is 0 Å². The topological polar surface area (TPSA) is 124 Å². The molecule has 0 bridgehead atoms. The van der Waals surface area contributed by atoms with Crippen molar-refractivity contribution in [2.24, 2.45) is 5.92 Å². The molecule has 3 unspecified atom stereocenters. The smallest absolute Gasteiger partial charge is 0.286 e. The maximum Gasteiger partial charge on any atom is 0.286 e. The third kappa shape index (κ3) is 7.40. The zero-order valence-electron chi connectivity index (χ0n) is 24.7. The van der Waals surface area contributed by atoms with Crippen molar-refractivity contribution in [2.45, 2.75) is 32.0 Å². The number of amides is 1. The van der Waals surface area contributed by atoms with Gasteiger partial charge in [-0.3, -0.25) is 4.79 Å². The number of aliphatic hydroxyl groups is 1. The van der Waals surface area contributed by atoms with Gasteiger partial charge in [0.15, 0.2) is 5.76 Å². The molecule has 1 amide bonds. The summed E-state index contributed by atoms with van der Waals surface area (Å²) in [5.74, 6) is 0.384. The number of ether oxygens (including phenoxy) is 5. The van der Waals surface area contributed by atoms with Crippen LogP contribution in [0.1, 0.15) is 30.4 Å². The number of methoxy groups -OCH3 is 1. The first-order valence-electron chi connectivity index (χ1n) is 14.8. The summed E-state index contributed by atoms with van der Waals surface area (Å²) in [5, 5.41) is 14.0. The molecular weight excluding hydrogens is 552 g/mol. The lowest BCUT2D eigenvalue weighted by atomic mass is 9.81. The molecule has 4 aromatic rings. The average Bonchev–Trinajstić information content (AvgIpc) is 3.65. The summed E-state index contributed by atoms with van der Waals surface area (Å²) < 4.78 is 34.6. The lowest BCUT2D eigenvalue weighted by molar-refractivity contribution is -0.168. The molecule has 0 saturated carbocycles. The van der Waals surface area contributed by atoms with Gasteiger partial charge in [-0.05, 0) is 55.7 Å². The summed E-state index contributed by atoms with van der Waals surface area (Å²) in [6.45, 7) is 4.31. The third-order valence-electron chi connectivity index (χ3n) is 7.67. The summed E-state index contributed by atoms with van der Waals surface area (Å²) in [7, 11) is 1.65. The molecule has 43 heavy (non-hydrogen) atoms. The van der Waals surface area contributed by atoms with Gasteiger partial charge in [0.05, 0.1) is 39.8 Å². The Balaban J connectivity index is 1.32. The number of furan rings is 1. The van der Waals surface area contributed by atoms with Crippen LogP contribution in [-0.2, 0) is 30.2 Å². The number of aromatic nitrogens is 1. The van der Waals surface area contributed by atoms with Crippen molar-refractivity contribution in [3.63, 3.8) is 0 Å². The Morgan fingerprint density at radius 2 is 1.91 bits per heavy atom. The van der Waals surface area contributed by atoms with Crippen LogP contribution in [0.5, 0.6) is 5.75 Å². The summed E-state index contributed by atoms with van der Waals surface area (Å²) in [4.78, 5) is 16.7. The molecule has 3 atom stereocenters. The second kappa shape index (κ2) is 15.1. The van der Waals surface area contributed by atoms with E-state index in [1.807, 2.05) is 61.7 Å². The van der Waals surface area contributed by atoms with Gasteiger partial charge < -0.3 is 43.5 Å². The lowest BCUT2D eigenvalue weighted by Gasteiger charge is -2.36. The molecule has 5 rings (SSSR count). The highest BCUT2D eigenvalue weighted by Gasteiger charge is 2.39. The van der Waals surface area contributed by atoms with Gasteiger partial charge in [-0.15, -0.1) is 0 Å². The predicted octanol–water partition coefficient (Wildman–Crippen LogP) is 4.67. The second-order valence-corrected chi connectivity index (χ2v) is 10.3. The van der Waals surface area contributed by atoms with E-state index in [1.54, 1.807) is 13.4 Å². The molecular formula is C33H40N2O8. The normalized spacial score (nSPS) is 18.5. The first-order chi connectivity index (χ1) is 21.1. The van der Waals surface area contributed by atoms with Crippen LogP contribution in [0, 0.1) is 5.92 Å². The number of allylic oxidation sites excluding steroid dienone is 1. The number of H-pyrrole nitrogens is 1. The third-order valence-corrected chi connectivity index (χ3v) is 7.67. The zero-order valence-corrected chi connectivity index (χ0v) is 24.7. The fourth-order valence-electron chi connectivity index (χ4n) is 5.55. The maximum atomic E-state index is 13.4. The van der Waals surface area contributed by atoms with Crippen LogP contribution in [0.15, 0.2) is 71.2 Å². The molecule has 0 saturated heterocycles. The molecule has 0 fully saturated rings. The van der Waals surface area contributed by atoms with E-state index >= 15 is 0 Å². The molecule has 2 aromatic carbocycles. The lowest BCUT2D eigenvalue weighted by Crippen LogP contribution is -2.39. The molecule has 2 aromatic heterocycles. The highest BCUT2D eigenvalue weighted by molar-refractivity contribution is 5.92. The average molecular weight is 593 g/mol. The van der Waals surface area contributed by atoms with E-state index < -0.39 is 6.29 Å². The summed E-state index contributed by atoms with van der Waals surface area (Å²) >= 11 is 0. The van der Waals surface area contributed by atoms with E-state index in [-0.39, 0.29) is 36.7 Å². The molecule has 3 heterocycles. The highest BCUT2D eigenvalue weighted by Crippen LogP contribution is 2.42. The van der Waals surface area contributed by atoms with E-state index in [4.69, 9.17) is 33.2 Å². The van der Waals surface area contributed by atoms with E-state index in [0.29, 0.717) is 45.8 Å². The minimum atomic E-state index is -0.648. The number of hydrogen-bond acceptors (Lipinski definition) is 8. The Labute approximate surface area is 250 Å². The van der Waals surface area contributed by atoms with Gasteiger partial charge in [0, 0.05) is 59.6 Å². The molecule has 0 radical (unpaired) electrons. The van der Waals surface area contributed by atoms with Crippen LogP contribution >= 0.6 is 0 Å². The number of rotatable bonds is 16. The molecule has 1 aliphatic rings. The van der Waals surface area contributed by atoms with Crippen LogP contribution in [0.4, 0.5) is 0 Å². The number of aromatic amines is 1. The van der Waals surface area contributed by atoms with E-state index in [9.17, 15) is 4.79 Å². The van der Waals surface area contributed by atoms with Crippen molar-refractivity contribution in [1.82, 2.24) is 10.3 Å². The fraction of sp³-hybridized carbons (Fsp3) is 0.424. The largest absolute Gasteiger partial charge is 0.497 e. The van der Waals surface area contributed by atoms with Crippen LogP contribution < -0.4 is 10.1 Å². The Morgan fingerprint density at radius 1 is 1.07 bits per heavy atom. The van der Waals surface area contributed by atoms with E-state index in [0.717, 1.165) is 38.7 Å². The Morgan fingerprint density at radius 3 is 2.72 bits per heavy atom. The van der Waals surface area contributed by atoms with Gasteiger partial charge >= 0.3 is 0 Å². The number of carbonyl (C=O) groups is 1. The van der Waals surface area contributed by atoms with Crippen molar-refractivity contribution in [1.29, 1.82) is 0 Å². The monoisotopic (exact) mass is 592 g/mol. The van der Waals surface area contributed by atoms with Crippen molar-refractivity contribution in [2.75, 3.05) is 53.3 Å². The summed E-state index contributed by atoms with van der Waals surface area (Å²) in [6, 6.07) is 13.8. The molecule has 0 spiro atoms. The quantitative estimate of drug-likeness (QED) is 0.160. The van der Waals surface area contributed by atoms with Gasteiger partial charge in [0.2, 0.25) is 6.29 Å². The molecule has 10 heteroatoms. The summed E-state index contributed by atoms with van der Waals surface area (Å²) in [5.41, 5.74) is 3.85. The Hall–Kier alpha value is -3.83. The Bertz CT molecular complexity index is 1510. The van der Waals surface area contributed by atoms with Crippen molar-refractivity contribution in [3.05, 3.63) is 77.9 Å². The van der Waals surface area contributed by atoms with E-state index in [2.05, 4.69) is 10.3 Å². The standard InChI is InChI=1S/C33H40N2O8/c1-3-41-33-25(11-14-39-16-17-40-15-13-36)27(28-21-42-30-7-5-4-6-24(28)30)19-31(43-33)32(37)34-12-10-22-20-35-29-9-8-23(38-2)18-26(22)29/h4-9,18-21,25,27,33,35-36H,3,10-17H2,1-2H3,(H,34,37). The van der Waals surface area contributed by atoms with E-state index in [1.165, 1.54) is 0 Å². The van der Waals surface area contributed by atoms with Gasteiger partial charge in [-0.1, -0.05) is 18.2 Å². The van der Waals surface area contributed by atoms with Crippen molar-refractivity contribution < 1.29 is 38.0 Å². The Kier molecular flexibility index (Phi) is 10.7. The first kappa shape index (κ1) is 30.6. The number of hydrogen-bond donors (Lipinski definition) is 3. The van der Waals surface area contributed by atoms with Crippen LogP contribution in [0.2, 0.25) is 0 Å². The van der Waals surface area contributed by atoms with Crippen LogP contribution in [-0.4, -0.2) is 75.6 Å². The second-order valence-electron chi connectivity index (χ2n) is 10.3. The number of fused-ring (bicyclic) bond motifs is 2. The SMILES string of the molecule is CCOC1OC(C(=O)NCCc2c[nH]c3ccc(OC)cc23)=CC(c2coc3ccccc23)C1CCOCCOCCO.